The van der Waals surface area contributed by atoms with E-state index in [2.05, 4.69) is 48.5 Å². The lowest BCUT2D eigenvalue weighted by Gasteiger charge is -2.47. The fourth-order valence-corrected chi connectivity index (χ4v) is 2.93. The van der Waals surface area contributed by atoms with Crippen molar-refractivity contribution in [3.8, 4) is 0 Å². The summed E-state index contributed by atoms with van der Waals surface area (Å²) in [7, 11) is 6.27. The maximum absolute atomic E-state index is 4.71. The van der Waals surface area contributed by atoms with E-state index < -0.39 is 0 Å². The quantitative estimate of drug-likeness (QED) is 0.809. The van der Waals surface area contributed by atoms with Crippen molar-refractivity contribution in [2.75, 3.05) is 38.3 Å². The monoisotopic (exact) mass is 291 g/mol. The van der Waals surface area contributed by atoms with Crippen LogP contribution in [0.3, 0.4) is 0 Å². The summed E-state index contributed by atoms with van der Waals surface area (Å²) < 4.78 is 0. The van der Waals surface area contributed by atoms with Gasteiger partial charge < -0.3 is 15.5 Å². The second kappa shape index (κ2) is 6.60. The molecule has 0 spiro atoms. The number of nitrogens with zero attached hydrogens (tertiary/aromatic N) is 3. The molecule has 118 valence electrons. The summed E-state index contributed by atoms with van der Waals surface area (Å²) >= 11 is 0. The summed E-state index contributed by atoms with van der Waals surface area (Å²) in [5, 5.41) is 6.76. The van der Waals surface area contributed by atoms with E-state index in [1.54, 1.807) is 0 Å². The molecule has 0 saturated heterocycles. The van der Waals surface area contributed by atoms with Crippen LogP contribution in [-0.2, 0) is 6.42 Å². The SMILES string of the molecule is CCCc1nc(NC)c(C)c(NCC2(N(C)C)CCC2)n1. The number of aryl methyl sites for hydroxylation is 1. The zero-order valence-electron chi connectivity index (χ0n) is 14.1. The smallest absolute Gasteiger partial charge is 0.134 e. The van der Waals surface area contributed by atoms with Crippen molar-refractivity contribution in [1.29, 1.82) is 0 Å². The molecule has 1 aliphatic rings. The molecule has 1 fully saturated rings. The predicted octanol–water partition coefficient (Wildman–Crippen LogP) is 2.68. The van der Waals surface area contributed by atoms with Gasteiger partial charge in [0.15, 0.2) is 0 Å². The lowest BCUT2D eigenvalue weighted by molar-refractivity contribution is 0.0738. The average molecular weight is 291 g/mol. The normalized spacial score (nSPS) is 16.7. The van der Waals surface area contributed by atoms with E-state index in [0.29, 0.717) is 5.54 Å². The first kappa shape index (κ1) is 16.0. The molecule has 5 heteroatoms. The molecule has 0 unspecified atom stereocenters. The minimum atomic E-state index is 0.294. The summed E-state index contributed by atoms with van der Waals surface area (Å²) in [6.07, 6.45) is 5.83. The first-order valence-electron chi connectivity index (χ1n) is 7.99. The molecule has 0 atom stereocenters. The van der Waals surface area contributed by atoms with Gasteiger partial charge in [-0.25, -0.2) is 9.97 Å². The second-order valence-corrected chi connectivity index (χ2v) is 6.29. The van der Waals surface area contributed by atoms with Crippen LogP contribution in [-0.4, -0.2) is 48.1 Å². The molecule has 2 rings (SSSR count). The molecule has 0 aromatic carbocycles. The van der Waals surface area contributed by atoms with Crippen LogP contribution in [0.15, 0.2) is 0 Å². The van der Waals surface area contributed by atoms with Crippen molar-refractivity contribution >= 4 is 11.6 Å². The molecule has 5 nitrogen and oxygen atoms in total. The fraction of sp³-hybridized carbons (Fsp3) is 0.750. The standard InChI is InChI=1S/C16H29N5/c1-6-8-13-19-14(17-3)12(2)15(20-13)18-11-16(21(4)5)9-7-10-16/h6-11H2,1-5H3,(H2,17,18,19,20). The molecule has 1 aliphatic carbocycles. The highest BCUT2D eigenvalue weighted by molar-refractivity contribution is 5.57. The number of rotatable bonds is 7. The van der Waals surface area contributed by atoms with Crippen LogP contribution >= 0.6 is 0 Å². The van der Waals surface area contributed by atoms with Gasteiger partial charge in [0.2, 0.25) is 0 Å². The molecule has 1 saturated carbocycles. The van der Waals surface area contributed by atoms with Gasteiger partial charge in [0.25, 0.3) is 0 Å². The van der Waals surface area contributed by atoms with Gasteiger partial charge in [-0.1, -0.05) is 6.92 Å². The summed E-state index contributed by atoms with van der Waals surface area (Å²) in [4.78, 5) is 11.6. The largest absolute Gasteiger partial charge is 0.373 e. The zero-order valence-corrected chi connectivity index (χ0v) is 14.1. The van der Waals surface area contributed by atoms with Gasteiger partial charge in [-0.05, 0) is 46.7 Å². The van der Waals surface area contributed by atoms with E-state index in [-0.39, 0.29) is 0 Å². The minimum absolute atomic E-state index is 0.294. The lowest BCUT2D eigenvalue weighted by atomic mass is 9.75. The van der Waals surface area contributed by atoms with Crippen molar-refractivity contribution < 1.29 is 0 Å². The first-order chi connectivity index (χ1) is 10.0. The Labute approximate surface area is 128 Å². The number of hydrogen-bond donors (Lipinski definition) is 2. The summed E-state index contributed by atoms with van der Waals surface area (Å²) in [5.41, 5.74) is 1.40. The Hall–Kier alpha value is -1.36. The van der Waals surface area contributed by atoms with Gasteiger partial charge in [-0.2, -0.15) is 0 Å². The highest BCUT2D eigenvalue weighted by Crippen LogP contribution is 2.36. The average Bonchev–Trinajstić information content (AvgIpc) is 2.40. The van der Waals surface area contributed by atoms with Crippen molar-refractivity contribution in [3.63, 3.8) is 0 Å². The van der Waals surface area contributed by atoms with Gasteiger partial charge in [0.1, 0.15) is 17.5 Å². The van der Waals surface area contributed by atoms with Crippen molar-refractivity contribution in [2.45, 2.75) is 51.5 Å². The van der Waals surface area contributed by atoms with Gasteiger partial charge in [-0.15, -0.1) is 0 Å². The van der Waals surface area contributed by atoms with E-state index in [1.807, 2.05) is 7.05 Å². The fourth-order valence-electron chi connectivity index (χ4n) is 2.93. The second-order valence-electron chi connectivity index (χ2n) is 6.29. The van der Waals surface area contributed by atoms with E-state index in [4.69, 9.17) is 4.98 Å². The summed E-state index contributed by atoms with van der Waals surface area (Å²) in [5.74, 6) is 2.83. The number of likely N-dealkylation sites (N-methyl/N-ethyl adjacent to an activating group) is 1. The van der Waals surface area contributed by atoms with E-state index in [0.717, 1.165) is 42.4 Å². The third-order valence-corrected chi connectivity index (χ3v) is 4.72. The molecular weight excluding hydrogens is 262 g/mol. The molecule has 21 heavy (non-hydrogen) atoms. The van der Waals surface area contributed by atoms with E-state index in [9.17, 15) is 0 Å². The Morgan fingerprint density at radius 2 is 1.86 bits per heavy atom. The number of hydrogen-bond acceptors (Lipinski definition) is 5. The molecule has 2 N–H and O–H groups in total. The summed E-state index contributed by atoms with van der Waals surface area (Å²) in [6, 6.07) is 0. The van der Waals surface area contributed by atoms with Crippen LogP contribution in [0.5, 0.6) is 0 Å². The first-order valence-corrected chi connectivity index (χ1v) is 7.99. The molecule has 1 aromatic rings. The van der Waals surface area contributed by atoms with Gasteiger partial charge in [-0.3, -0.25) is 0 Å². The number of anilines is 2. The molecule has 0 aliphatic heterocycles. The molecule has 1 aromatic heterocycles. The topological polar surface area (TPSA) is 53.1 Å². The van der Waals surface area contributed by atoms with E-state index in [1.165, 1.54) is 19.3 Å². The molecule has 0 radical (unpaired) electrons. The number of nitrogens with one attached hydrogen (secondary N) is 2. The molecule has 0 amide bonds. The Morgan fingerprint density at radius 1 is 1.19 bits per heavy atom. The van der Waals surface area contributed by atoms with Crippen LogP contribution in [0, 0.1) is 6.92 Å². The summed E-state index contributed by atoms with van der Waals surface area (Å²) in [6.45, 7) is 5.18. The van der Waals surface area contributed by atoms with Gasteiger partial charge >= 0.3 is 0 Å². The highest BCUT2D eigenvalue weighted by atomic mass is 15.2. The van der Waals surface area contributed by atoms with Crippen molar-refractivity contribution in [1.82, 2.24) is 14.9 Å². The predicted molar refractivity (Wildman–Crippen MR) is 89.1 cm³/mol. The number of aromatic nitrogens is 2. The maximum Gasteiger partial charge on any atom is 0.134 e. The van der Waals surface area contributed by atoms with Gasteiger partial charge in [0, 0.05) is 31.1 Å². The van der Waals surface area contributed by atoms with Gasteiger partial charge in [0.05, 0.1) is 0 Å². The van der Waals surface area contributed by atoms with E-state index >= 15 is 0 Å². The van der Waals surface area contributed by atoms with Crippen molar-refractivity contribution in [2.24, 2.45) is 0 Å². The highest BCUT2D eigenvalue weighted by Gasteiger charge is 2.38. The maximum atomic E-state index is 4.71. The molecule has 0 bridgehead atoms. The Kier molecular flexibility index (Phi) is 5.04. The Bertz CT molecular complexity index is 480. The Morgan fingerprint density at radius 3 is 2.33 bits per heavy atom. The zero-order chi connectivity index (χ0) is 15.5. The molecule has 1 heterocycles. The van der Waals surface area contributed by atoms with Crippen LogP contribution < -0.4 is 10.6 Å². The molecular formula is C16H29N5. The third kappa shape index (κ3) is 3.28. The van der Waals surface area contributed by atoms with Crippen molar-refractivity contribution in [3.05, 3.63) is 11.4 Å². The van der Waals surface area contributed by atoms with Crippen LogP contribution in [0.4, 0.5) is 11.6 Å². The Balaban J connectivity index is 2.16. The third-order valence-electron chi connectivity index (χ3n) is 4.72. The van der Waals surface area contributed by atoms with Crippen LogP contribution in [0.2, 0.25) is 0 Å². The van der Waals surface area contributed by atoms with Crippen LogP contribution in [0.1, 0.15) is 44.0 Å². The lowest BCUT2D eigenvalue weighted by Crippen LogP contribution is -2.54. The minimum Gasteiger partial charge on any atom is -0.373 e. The van der Waals surface area contributed by atoms with Crippen LogP contribution in [0.25, 0.3) is 0 Å².